The van der Waals surface area contributed by atoms with Crippen molar-refractivity contribution in [3.05, 3.63) is 194 Å². The van der Waals surface area contributed by atoms with Crippen molar-refractivity contribution >= 4 is 33.6 Å². The van der Waals surface area contributed by atoms with E-state index in [0.29, 0.717) is 19.3 Å². The number of phosphoric acid groups is 2. The van der Waals surface area contributed by atoms with Crippen LogP contribution in [0.4, 0.5) is 0 Å². The van der Waals surface area contributed by atoms with Crippen molar-refractivity contribution in [2.24, 2.45) is 0 Å². The summed E-state index contributed by atoms with van der Waals surface area (Å²) in [5.41, 5.74) is 0. The van der Waals surface area contributed by atoms with Crippen LogP contribution in [0.1, 0.15) is 445 Å². The van der Waals surface area contributed by atoms with Gasteiger partial charge in [-0.15, -0.1) is 0 Å². The molecule has 4 N–H and O–H groups in total. The van der Waals surface area contributed by atoms with Crippen LogP contribution in [0, 0.1) is 0 Å². The number of phosphoric ester groups is 2. The number of carbonyl (C=O) groups is 3. The van der Waals surface area contributed by atoms with Crippen LogP contribution in [-0.4, -0.2) is 95.9 Å². The van der Waals surface area contributed by atoms with Gasteiger partial charge in [0.2, 0.25) is 0 Å². The monoisotopic (exact) mass is 1870 g/mol. The molecule has 0 fully saturated rings. The van der Waals surface area contributed by atoms with Gasteiger partial charge in [-0.05, 0) is 167 Å². The van der Waals surface area contributed by atoms with Crippen molar-refractivity contribution in [2.75, 3.05) is 39.6 Å². The number of rotatable bonds is 99. The van der Waals surface area contributed by atoms with Gasteiger partial charge in [0.1, 0.15) is 25.4 Å². The number of unbranched alkanes of at least 4 members (excludes halogenated alkanes) is 44. The fourth-order valence-corrected chi connectivity index (χ4v) is 16.0. The molecule has 0 heterocycles. The van der Waals surface area contributed by atoms with E-state index in [-0.39, 0.29) is 19.3 Å². The molecular weight excluding hydrogens is 1680 g/mol. The van der Waals surface area contributed by atoms with Crippen LogP contribution in [0.3, 0.4) is 0 Å². The minimum atomic E-state index is -4.95. The first-order valence-corrected chi connectivity index (χ1v) is 55.7. The second-order valence-corrected chi connectivity index (χ2v) is 37.8. The Kier molecular flexibility index (Phi) is 98.9. The Bertz CT molecular complexity index is 3160. The lowest BCUT2D eigenvalue weighted by Crippen LogP contribution is -2.30. The molecule has 16 nitrogen and oxygen atoms in total. The molecule has 0 aliphatic carbocycles. The van der Waals surface area contributed by atoms with E-state index in [9.17, 15) is 43.5 Å². The summed E-state index contributed by atoms with van der Waals surface area (Å²) in [5.74, 6) is -1.57. The minimum absolute atomic E-state index is 0.0892. The third-order valence-corrected chi connectivity index (χ3v) is 24.2. The molecule has 750 valence electrons. The predicted molar refractivity (Wildman–Crippen MR) is 555 cm³/mol. The lowest BCUT2D eigenvalue weighted by atomic mass is 10.0. The topological polar surface area (TPSA) is 231 Å². The van der Waals surface area contributed by atoms with Crippen molar-refractivity contribution in [1.29, 1.82) is 0 Å². The summed E-state index contributed by atoms with van der Waals surface area (Å²) in [7, 11) is -9.83. The molecule has 5 atom stereocenters. The number of allylic oxidation sites excluding steroid dienone is 32. The van der Waals surface area contributed by atoms with Gasteiger partial charge >= 0.3 is 33.6 Å². The largest absolute Gasteiger partial charge is 0.472 e. The Morgan fingerprint density at radius 2 is 0.405 bits per heavy atom. The first kappa shape index (κ1) is 125. The first-order valence-electron chi connectivity index (χ1n) is 52.7. The van der Waals surface area contributed by atoms with Crippen LogP contribution in [0.25, 0.3) is 0 Å². The maximum Gasteiger partial charge on any atom is 0.472 e. The smallest absolute Gasteiger partial charge is 0.463 e. The van der Waals surface area contributed by atoms with Crippen LogP contribution in [-0.2, 0) is 55.8 Å². The zero-order chi connectivity index (χ0) is 95.0. The van der Waals surface area contributed by atoms with E-state index < -0.39 is 91.5 Å². The second-order valence-electron chi connectivity index (χ2n) is 34.9. The van der Waals surface area contributed by atoms with Crippen LogP contribution in [0.15, 0.2) is 194 Å². The SMILES string of the molecule is CC/C=C\C/C=C\C/C=C\C/C=C\C/C=C\C/C=C\CCCCCCCCCCCCCCCCC(=O)OCC(COP(=O)(O)OCC(O)COP(=O)(O)OCC(O)COC(=O)CCCCCCCCCCCCCCCCCCCCC/C=C\C/C=C\C/C=C\C/C=C\CCCCC)OC(=O)CCCCCCCCCC/C=C\C/C=C\C/C=C\C/C=C\C/C=C\C/C=C\CC. The molecule has 131 heavy (non-hydrogen) atoms. The molecule has 0 aromatic rings. The van der Waals surface area contributed by atoms with Crippen LogP contribution >= 0.6 is 15.6 Å². The van der Waals surface area contributed by atoms with Gasteiger partial charge in [0.15, 0.2) is 6.10 Å². The maximum absolute atomic E-state index is 13.1. The van der Waals surface area contributed by atoms with E-state index in [1.165, 1.54) is 193 Å². The van der Waals surface area contributed by atoms with Crippen molar-refractivity contribution in [3.8, 4) is 0 Å². The molecule has 0 rings (SSSR count). The molecule has 0 saturated carbocycles. The summed E-state index contributed by atoms with van der Waals surface area (Å²) in [5, 5.41) is 20.8. The summed E-state index contributed by atoms with van der Waals surface area (Å²) >= 11 is 0. The Morgan fingerprint density at radius 3 is 0.641 bits per heavy atom. The summed E-state index contributed by atoms with van der Waals surface area (Å²) in [4.78, 5) is 59.3. The van der Waals surface area contributed by atoms with Gasteiger partial charge in [-0.3, -0.25) is 32.5 Å². The molecule has 0 amide bonds. The molecule has 0 radical (unpaired) electrons. The molecule has 0 aliphatic heterocycles. The third kappa shape index (κ3) is 105. The standard InChI is InChI=1S/C113H192O16P2/c1-4-7-10-13-16-19-22-25-28-31-34-37-40-43-46-48-50-52-53-55-57-58-61-63-66-69-72-75-78-81-84-87-90-93-96-99-111(116)123-102-108(114)103-125-130(119,120)126-104-109(115)105-127-131(121,122)128-107-110(129-113(118)101-98-95-92-89-86-83-80-77-74-71-68-65-60-45-42-39-36-33-30-27-24-21-18-15-12-9-6-3)106-124-112(117)100-97-94-91-88-85-82-79-76-73-70-67-64-62-59-56-54-51-49-47-44-41-38-35-32-29-26-23-20-17-14-11-8-5-2/h8-9,11-12,16-21,25-30,34-39,43-47,51,54,60,68,71,108-110,114-115H,4-7,10,13-15,22-24,31-33,40-42,48-50,52-53,55-59,61-67,69-70,72-107H2,1-3H3,(H,119,120)(H,121,122)/b11-8-,12-9-,19-16-,20-17-,21-18-,28-25-,29-26-,30-27-,37-34-,38-35-,39-36-,46-43-,47-44-,54-51-,60-45-,71-68-. The predicted octanol–water partition coefficient (Wildman–Crippen LogP) is 33.7. The van der Waals surface area contributed by atoms with Gasteiger partial charge in [0.25, 0.3) is 0 Å². The first-order chi connectivity index (χ1) is 64.2. The molecule has 0 aromatic carbocycles. The van der Waals surface area contributed by atoms with Crippen molar-refractivity contribution < 1.29 is 75.8 Å². The summed E-state index contributed by atoms with van der Waals surface area (Å²) in [6.07, 6.45) is 139. The molecule has 0 aliphatic rings. The summed E-state index contributed by atoms with van der Waals surface area (Å²) in [6.45, 7) is 2.48. The number of carbonyl (C=O) groups excluding carboxylic acids is 3. The molecule has 0 spiro atoms. The van der Waals surface area contributed by atoms with Gasteiger partial charge in [0.05, 0.1) is 26.4 Å². The highest BCUT2D eigenvalue weighted by Gasteiger charge is 2.30. The van der Waals surface area contributed by atoms with E-state index in [4.69, 9.17) is 32.3 Å². The van der Waals surface area contributed by atoms with Crippen LogP contribution in [0.5, 0.6) is 0 Å². The number of aliphatic hydroxyl groups is 2. The Labute approximate surface area is 801 Å². The zero-order valence-corrected chi connectivity index (χ0v) is 85.0. The number of hydrogen-bond acceptors (Lipinski definition) is 14. The highest BCUT2D eigenvalue weighted by atomic mass is 31.2. The van der Waals surface area contributed by atoms with Crippen molar-refractivity contribution in [3.63, 3.8) is 0 Å². The van der Waals surface area contributed by atoms with E-state index in [0.717, 1.165) is 193 Å². The highest BCUT2D eigenvalue weighted by Crippen LogP contribution is 2.45. The van der Waals surface area contributed by atoms with Gasteiger partial charge in [0, 0.05) is 19.3 Å². The highest BCUT2D eigenvalue weighted by molar-refractivity contribution is 7.47. The average molecular weight is 1870 g/mol. The number of esters is 3. The third-order valence-electron chi connectivity index (χ3n) is 22.3. The van der Waals surface area contributed by atoms with E-state index >= 15 is 0 Å². The lowest BCUT2D eigenvalue weighted by molar-refractivity contribution is -0.161. The van der Waals surface area contributed by atoms with Gasteiger partial charge < -0.3 is 34.2 Å². The van der Waals surface area contributed by atoms with Gasteiger partial charge in [-0.1, -0.05) is 453 Å². The van der Waals surface area contributed by atoms with E-state index in [1.807, 2.05) is 0 Å². The molecular formula is C113H192O16P2. The maximum atomic E-state index is 13.1. The normalized spacial score (nSPS) is 14.4. The van der Waals surface area contributed by atoms with Gasteiger partial charge in [-0.25, -0.2) is 9.13 Å². The Hall–Kier alpha value is -5.61. The molecule has 0 saturated heterocycles. The quantitative estimate of drug-likeness (QED) is 0.0146. The number of aliphatic hydroxyl groups excluding tert-OH is 2. The van der Waals surface area contributed by atoms with Gasteiger partial charge in [-0.2, -0.15) is 0 Å². The van der Waals surface area contributed by atoms with Crippen molar-refractivity contribution in [2.45, 2.75) is 463 Å². The fraction of sp³-hybridized carbons (Fsp3) is 0.690. The summed E-state index contributed by atoms with van der Waals surface area (Å²) in [6, 6.07) is 0. The van der Waals surface area contributed by atoms with E-state index in [1.54, 1.807) is 0 Å². The average Bonchev–Trinajstić information content (AvgIpc) is 0.899. The minimum Gasteiger partial charge on any atom is -0.463 e. The number of hydrogen-bond donors (Lipinski definition) is 4. The lowest BCUT2D eigenvalue weighted by Gasteiger charge is -2.21. The fourth-order valence-electron chi connectivity index (χ4n) is 14.4. The summed E-state index contributed by atoms with van der Waals surface area (Å²) < 4.78 is 61.7. The Morgan fingerprint density at radius 1 is 0.221 bits per heavy atom. The zero-order valence-electron chi connectivity index (χ0n) is 83.2. The van der Waals surface area contributed by atoms with E-state index in [2.05, 4.69) is 215 Å². The molecule has 18 heteroatoms. The molecule has 0 bridgehead atoms. The molecule has 0 aromatic heterocycles. The van der Waals surface area contributed by atoms with Crippen LogP contribution in [0.2, 0.25) is 0 Å². The second kappa shape index (κ2) is 103. The number of ether oxygens (including phenoxy) is 3. The van der Waals surface area contributed by atoms with Crippen LogP contribution < -0.4 is 0 Å². The molecule has 5 unspecified atom stereocenters. The van der Waals surface area contributed by atoms with Crippen molar-refractivity contribution in [1.82, 2.24) is 0 Å². The Balaban J connectivity index is 4.60.